The maximum atomic E-state index is 13.7. The molecule has 3 aromatic rings. The van der Waals surface area contributed by atoms with Gasteiger partial charge in [-0.2, -0.15) is 4.37 Å². The van der Waals surface area contributed by atoms with E-state index in [0.29, 0.717) is 11.3 Å². The number of carbonyl (C=O) groups is 2. The fourth-order valence-electron chi connectivity index (χ4n) is 3.99. The maximum absolute atomic E-state index is 13.7. The van der Waals surface area contributed by atoms with Crippen LogP contribution in [-0.2, 0) is 11.3 Å². The third-order valence-corrected chi connectivity index (χ3v) is 8.13. The molecule has 1 saturated carbocycles. The average molecular weight is 524 g/mol. The molecular formula is C23H23Cl2N3O3S2. The Bertz CT molecular complexity index is 1100. The number of ether oxygens (including phenoxy) is 1. The summed E-state index contributed by atoms with van der Waals surface area (Å²) in [6.07, 6.45) is 4.05. The molecule has 1 fully saturated rings. The Balaban J connectivity index is 1.75. The first-order chi connectivity index (χ1) is 16.0. The summed E-state index contributed by atoms with van der Waals surface area (Å²) in [7, 11) is 1.58. The molecular weight excluding hydrogens is 501 g/mol. The Morgan fingerprint density at radius 2 is 1.94 bits per heavy atom. The van der Waals surface area contributed by atoms with Gasteiger partial charge in [-0.05, 0) is 53.5 Å². The normalized spacial score (nSPS) is 14.8. The van der Waals surface area contributed by atoms with E-state index in [4.69, 9.17) is 27.9 Å². The molecule has 1 aliphatic rings. The minimum absolute atomic E-state index is 0.0513. The molecule has 2 amide bonds. The predicted molar refractivity (Wildman–Crippen MR) is 132 cm³/mol. The number of nitrogens with zero attached hydrogens (tertiary/aromatic N) is 2. The van der Waals surface area contributed by atoms with E-state index < -0.39 is 11.9 Å². The van der Waals surface area contributed by atoms with Crippen LogP contribution in [0.5, 0.6) is 5.75 Å². The van der Waals surface area contributed by atoms with E-state index in [2.05, 4.69) is 9.69 Å². The fraction of sp³-hybridized carbons (Fsp3) is 0.348. The van der Waals surface area contributed by atoms with Crippen molar-refractivity contribution in [2.75, 3.05) is 7.11 Å². The minimum Gasteiger partial charge on any atom is -0.497 e. The van der Waals surface area contributed by atoms with E-state index in [0.717, 1.165) is 42.1 Å². The Hall–Kier alpha value is -2.13. The minimum atomic E-state index is -0.873. The van der Waals surface area contributed by atoms with Gasteiger partial charge in [-0.25, -0.2) is 0 Å². The smallest absolute Gasteiger partial charge is 0.276 e. The highest BCUT2D eigenvalue weighted by molar-refractivity contribution is 7.11. The SMILES string of the molecule is COc1ccc([C@@H](C(=O)NC2CCCC2)N(Cc2cccs2)C(=O)c2nsc(Cl)c2Cl)cc1. The van der Waals surface area contributed by atoms with E-state index >= 15 is 0 Å². The highest BCUT2D eigenvalue weighted by Gasteiger charge is 2.36. The lowest BCUT2D eigenvalue weighted by atomic mass is 10.0. The Morgan fingerprint density at radius 1 is 1.21 bits per heavy atom. The molecule has 1 aromatic carbocycles. The first kappa shape index (κ1) is 24.0. The number of amides is 2. The van der Waals surface area contributed by atoms with Crippen molar-refractivity contribution in [2.45, 2.75) is 44.3 Å². The molecule has 1 N–H and O–H groups in total. The lowest BCUT2D eigenvalue weighted by Crippen LogP contribution is -2.46. The van der Waals surface area contributed by atoms with Crippen molar-refractivity contribution in [3.8, 4) is 5.75 Å². The van der Waals surface area contributed by atoms with Gasteiger partial charge in [0.15, 0.2) is 5.69 Å². The van der Waals surface area contributed by atoms with Crippen LogP contribution in [0.4, 0.5) is 0 Å². The monoisotopic (exact) mass is 523 g/mol. The molecule has 174 valence electrons. The standard InChI is InChI=1S/C23H23Cl2N3O3S2/c1-31-16-10-8-14(9-11-16)20(22(29)26-15-5-2-3-6-15)28(13-17-7-4-12-32-17)23(30)19-18(24)21(25)33-27-19/h4,7-12,15,20H,2-3,5-6,13H2,1H3,(H,26,29)/t20-/m0/s1. The molecule has 2 heterocycles. The maximum Gasteiger partial charge on any atom is 0.276 e. The molecule has 10 heteroatoms. The highest BCUT2D eigenvalue weighted by Crippen LogP contribution is 2.34. The molecule has 0 radical (unpaired) electrons. The summed E-state index contributed by atoms with van der Waals surface area (Å²) in [4.78, 5) is 29.8. The lowest BCUT2D eigenvalue weighted by Gasteiger charge is -2.31. The van der Waals surface area contributed by atoms with Gasteiger partial charge in [0.25, 0.3) is 5.91 Å². The molecule has 6 nitrogen and oxygen atoms in total. The van der Waals surface area contributed by atoms with Gasteiger partial charge < -0.3 is 15.0 Å². The second-order valence-electron chi connectivity index (χ2n) is 7.80. The number of hydrogen-bond donors (Lipinski definition) is 1. The zero-order valence-corrected chi connectivity index (χ0v) is 21.1. The molecule has 33 heavy (non-hydrogen) atoms. The third kappa shape index (κ3) is 5.51. The van der Waals surface area contributed by atoms with Crippen LogP contribution in [0.1, 0.15) is 52.7 Å². The number of nitrogens with one attached hydrogen (secondary N) is 1. The summed E-state index contributed by atoms with van der Waals surface area (Å²) in [5.74, 6) is -0.00692. The van der Waals surface area contributed by atoms with Crippen molar-refractivity contribution >= 4 is 57.9 Å². The van der Waals surface area contributed by atoms with Crippen LogP contribution in [0, 0.1) is 0 Å². The van der Waals surface area contributed by atoms with Crippen molar-refractivity contribution in [3.05, 3.63) is 67.3 Å². The first-order valence-electron chi connectivity index (χ1n) is 10.6. The quantitative estimate of drug-likeness (QED) is 0.395. The van der Waals surface area contributed by atoms with Crippen molar-refractivity contribution < 1.29 is 14.3 Å². The average Bonchev–Trinajstić information content (AvgIpc) is 3.58. The van der Waals surface area contributed by atoms with E-state index in [9.17, 15) is 9.59 Å². The molecule has 0 spiro atoms. The Kier molecular flexibility index (Phi) is 7.90. The van der Waals surface area contributed by atoms with Crippen LogP contribution < -0.4 is 10.1 Å². The molecule has 1 atom stereocenters. The molecule has 0 aliphatic heterocycles. The van der Waals surface area contributed by atoms with Gasteiger partial charge in [0.05, 0.1) is 13.7 Å². The van der Waals surface area contributed by atoms with Gasteiger partial charge in [0.1, 0.15) is 21.2 Å². The molecule has 0 bridgehead atoms. The number of carbonyl (C=O) groups excluding carboxylic acids is 2. The summed E-state index contributed by atoms with van der Waals surface area (Å²) in [5.41, 5.74) is 0.726. The van der Waals surface area contributed by atoms with Gasteiger partial charge in [0, 0.05) is 10.9 Å². The predicted octanol–water partition coefficient (Wildman–Crippen LogP) is 5.96. The van der Waals surface area contributed by atoms with Crippen LogP contribution in [0.3, 0.4) is 0 Å². The van der Waals surface area contributed by atoms with Crippen molar-refractivity contribution in [1.29, 1.82) is 0 Å². The van der Waals surface area contributed by atoms with Crippen molar-refractivity contribution in [2.24, 2.45) is 0 Å². The molecule has 0 saturated heterocycles. The van der Waals surface area contributed by atoms with Gasteiger partial charge >= 0.3 is 0 Å². The van der Waals surface area contributed by atoms with Gasteiger partial charge in [-0.1, -0.05) is 54.2 Å². The first-order valence-corrected chi connectivity index (χ1v) is 13.0. The van der Waals surface area contributed by atoms with Crippen LogP contribution >= 0.6 is 46.1 Å². The Morgan fingerprint density at radius 3 is 2.52 bits per heavy atom. The zero-order valence-electron chi connectivity index (χ0n) is 17.9. The summed E-state index contributed by atoms with van der Waals surface area (Å²) < 4.78 is 9.69. The third-order valence-electron chi connectivity index (χ3n) is 5.66. The number of methoxy groups -OCH3 is 1. The number of rotatable bonds is 8. The fourth-order valence-corrected chi connectivity index (χ4v) is 5.68. The molecule has 4 rings (SSSR count). The molecule has 2 aromatic heterocycles. The van der Waals surface area contributed by atoms with Crippen LogP contribution in [0.25, 0.3) is 0 Å². The van der Waals surface area contributed by atoms with Crippen molar-refractivity contribution in [1.82, 2.24) is 14.6 Å². The number of hydrogen-bond acceptors (Lipinski definition) is 6. The molecule has 1 aliphatic carbocycles. The topological polar surface area (TPSA) is 71.5 Å². The van der Waals surface area contributed by atoms with Gasteiger partial charge in [0.2, 0.25) is 5.91 Å². The van der Waals surface area contributed by atoms with Crippen molar-refractivity contribution in [3.63, 3.8) is 0 Å². The Labute approximate surface area is 210 Å². The summed E-state index contributed by atoms with van der Waals surface area (Å²) in [6.45, 7) is 0.233. The van der Waals surface area contributed by atoms with Gasteiger partial charge in [-0.15, -0.1) is 11.3 Å². The van der Waals surface area contributed by atoms with E-state index in [1.165, 1.54) is 16.2 Å². The van der Waals surface area contributed by atoms with Crippen LogP contribution in [0.2, 0.25) is 9.36 Å². The van der Waals surface area contributed by atoms with E-state index in [-0.39, 0.29) is 33.5 Å². The number of thiophene rings is 1. The van der Waals surface area contributed by atoms with E-state index in [1.807, 2.05) is 29.6 Å². The summed E-state index contributed by atoms with van der Waals surface area (Å²) in [5, 5.41) is 5.20. The largest absolute Gasteiger partial charge is 0.497 e. The van der Waals surface area contributed by atoms with E-state index in [1.54, 1.807) is 19.2 Å². The second-order valence-corrected chi connectivity index (χ2v) is 10.6. The van der Waals surface area contributed by atoms with Gasteiger partial charge in [-0.3, -0.25) is 9.59 Å². The molecule has 0 unspecified atom stereocenters. The zero-order chi connectivity index (χ0) is 23.4. The number of benzene rings is 1. The summed E-state index contributed by atoms with van der Waals surface area (Å²) >= 11 is 14.8. The van der Waals surface area contributed by atoms with Crippen LogP contribution in [-0.4, -0.2) is 34.2 Å². The lowest BCUT2D eigenvalue weighted by molar-refractivity contribution is -0.126. The number of aromatic nitrogens is 1. The second kappa shape index (κ2) is 10.9. The summed E-state index contributed by atoms with van der Waals surface area (Å²) in [6, 6.07) is 10.3. The number of halogens is 2. The highest BCUT2D eigenvalue weighted by atomic mass is 35.5. The van der Waals surface area contributed by atoms with Crippen LogP contribution in [0.15, 0.2) is 41.8 Å².